The number of carboxylic acid groups (broad SMARTS) is 1. The standard InChI is InChI=1S/C12H22O2S/c1-2-15-9-8-10-6-4-3-5-7-11(10)12(13)14/h10-11H,2-9H2,1H3,(H,13,14). The quantitative estimate of drug-likeness (QED) is 0.581. The summed E-state index contributed by atoms with van der Waals surface area (Å²) in [5.41, 5.74) is 0. The minimum Gasteiger partial charge on any atom is -0.481 e. The molecule has 1 N–H and O–H groups in total. The number of carbonyl (C=O) groups is 1. The highest BCUT2D eigenvalue weighted by atomic mass is 32.2. The van der Waals surface area contributed by atoms with Crippen LogP contribution in [0.4, 0.5) is 0 Å². The molecule has 0 spiro atoms. The van der Waals surface area contributed by atoms with E-state index in [-0.39, 0.29) is 5.92 Å². The van der Waals surface area contributed by atoms with E-state index in [1.165, 1.54) is 12.8 Å². The van der Waals surface area contributed by atoms with Crippen molar-refractivity contribution in [2.75, 3.05) is 11.5 Å². The van der Waals surface area contributed by atoms with Crippen LogP contribution in [0.2, 0.25) is 0 Å². The third-order valence-electron chi connectivity index (χ3n) is 3.31. The lowest BCUT2D eigenvalue weighted by atomic mass is 9.86. The Morgan fingerprint density at radius 2 is 2.07 bits per heavy atom. The lowest BCUT2D eigenvalue weighted by molar-refractivity contribution is -0.144. The average Bonchev–Trinajstić information content (AvgIpc) is 2.43. The fourth-order valence-corrected chi connectivity index (χ4v) is 3.19. The maximum Gasteiger partial charge on any atom is 0.306 e. The van der Waals surface area contributed by atoms with Gasteiger partial charge in [0.1, 0.15) is 0 Å². The summed E-state index contributed by atoms with van der Waals surface area (Å²) in [7, 11) is 0. The Hall–Kier alpha value is -0.180. The summed E-state index contributed by atoms with van der Waals surface area (Å²) >= 11 is 1.93. The van der Waals surface area contributed by atoms with Crippen molar-refractivity contribution in [2.24, 2.45) is 11.8 Å². The third kappa shape index (κ3) is 4.45. The molecule has 2 atom stereocenters. The number of hydrogen-bond donors (Lipinski definition) is 1. The van der Waals surface area contributed by atoms with E-state index in [2.05, 4.69) is 6.92 Å². The van der Waals surface area contributed by atoms with Crippen molar-refractivity contribution in [2.45, 2.75) is 45.4 Å². The minimum atomic E-state index is -0.566. The SMILES string of the molecule is CCSCCC1CCCCCC1C(=O)O. The Balaban J connectivity index is 2.43. The zero-order valence-corrected chi connectivity index (χ0v) is 10.4. The van der Waals surface area contributed by atoms with Gasteiger partial charge >= 0.3 is 5.97 Å². The average molecular weight is 230 g/mol. The van der Waals surface area contributed by atoms with Gasteiger partial charge in [-0.3, -0.25) is 4.79 Å². The molecule has 2 nitrogen and oxygen atoms in total. The molecule has 0 aromatic rings. The molecule has 0 aromatic heterocycles. The molecular weight excluding hydrogens is 208 g/mol. The number of aliphatic carboxylic acids is 1. The van der Waals surface area contributed by atoms with Crippen molar-refractivity contribution in [3.8, 4) is 0 Å². The molecule has 2 unspecified atom stereocenters. The second-order valence-electron chi connectivity index (χ2n) is 4.33. The number of thioether (sulfide) groups is 1. The van der Waals surface area contributed by atoms with Crippen molar-refractivity contribution in [1.82, 2.24) is 0 Å². The second-order valence-corrected chi connectivity index (χ2v) is 5.72. The molecule has 0 bridgehead atoms. The first-order valence-corrected chi connectivity index (χ1v) is 7.21. The van der Waals surface area contributed by atoms with Gasteiger partial charge in [-0.2, -0.15) is 11.8 Å². The van der Waals surface area contributed by atoms with Crippen LogP contribution in [0.15, 0.2) is 0 Å². The van der Waals surface area contributed by atoms with Gasteiger partial charge in [0.05, 0.1) is 5.92 Å². The topological polar surface area (TPSA) is 37.3 Å². The minimum absolute atomic E-state index is 0.0649. The van der Waals surface area contributed by atoms with Crippen molar-refractivity contribution < 1.29 is 9.90 Å². The summed E-state index contributed by atoms with van der Waals surface area (Å²) in [5.74, 6) is 2.08. The molecule has 3 heteroatoms. The largest absolute Gasteiger partial charge is 0.481 e. The van der Waals surface area contributed by atoms with E-state index in [9.17, 15) is 9.90 Å². The van der Waals surface area contributed by atoms with Crippen LogP contribution < -0.4 is 0 Å². The lowest BCUT2D eigenvalue weighted by Gasteiger charge is -2.21. The van der Waals surface area contributed by atoms with Gasteiger partial charge in [-0.15, -0.1) is 0 Å². The molecule has 0 radical (unpaired) electrons. The Bertz CT molecular complexity index is 194. The van der Waals surface area contributed by atoms with Crippen molar-refractivity contribution in [3.63, 3.8) is 0 Å². The predicted molar refractivity (Wildman–Crippen MR) is 65.3 cm³/mol. The summed E-state index contributed by atoms with van der Waals surface area (Å²) in [6.07, 6.45) is 6.67. The third-order valence-corrected chi connectivity index (χ3v) is 4.25. The van der Waals surface area contributed by atoms with Gasteiger partial charge in [-0.25, -0.2) is 0 Å². The zero-order valence-electron chi connectivity index (χ0n) is 9.58. The molecule has 0 saturated heterocycles. The second kappa shape index (κ2) is 7.15. The van der Waals surface area contributed by atoms with Crippen LogP contribution in [0, 0.1) is 11.8 Å². The van der Waals surface area contributed by atoms with Crippen LogP contribution in [0.5, 0.6) is 0 Å². The summed E-state index contributed by atoms with van der Waals surface area (Å²) in [6, 6.07) is 0. The van der Waals surface area contributed by atoms with Gasteiger partial charge in [0.15, 0.2) is 0 Å². The van der Waals surface area contributed by atoms with E-state index >= 15 is 0 Å². The Kier molecular flexibility index (Phi) is 6.15. The molecule has 0 aliphatic heterocycles. The van der Waals surface area contributed by atoms with Crippen LogP contribution in [0.25, 0.3) is 0 Å². The van der Waals surface area contributed by atoms with E-state index in [1.54, 1.807) is 0 Å². The highest BCUT2D eigenvalue weighted by Gasteiger charge is 2.28. The molecular formula is C12H22O2S. The van der Waals surface area contributed by atoms with Gasteiger partial charge in [0.2, 0.25) is 0 Å². The maximum atomic E-state index is 11.1. The summed E-state index contributed by atoms with van der Waals surface area (Å²) in [6.45, 7) is 2.16. The van der Waals surface area contributed by atoms with Crippen molar-refractivity contribution in [3.05, 3.63) is 0 Å². The van der Waals surface area contributed by atoms with E-state index in [0.29, 0.717) is 5.92 Å². The Morgan fingerprint density at radius 3 is 2.73 bits per heavy atom. The van der Waals surface area contributed by atoms with Gasteiger partial charge in [-0.05, 0) is 36.7 Å². The summed E-state index contributed by atoms with van der Waals surface area (Å²) in [5, 5.41) is 9.18. The normalized spacial score (nSPS) is 27.3. The smallest absolute Gasteiger partial charge is 0.306 e. The van der Waals surface area contributed by atoms with Crippen LogP contribution in [-0.2, 0) is 4.79 Å². The Morgan fingerprint density at radius 1 is 1.33 bits per heavy atom. The van der Waals surface area contributed by atoms with Crippen molar-refractivity contribution in [1.29, 1.82) is 0 Å². The highest BCUT2D eigenvalue weighted by Crippen LogP contribution is 2.32. The van der Waals surface area contributed by atoms with Crippen LogP contribution >= 0.6 is 11.8 Å². The van der Waals surface area contributed by atoms with E-state index in [1.807, 2.05) is 11.8 Å². The first-order valence-electron chi connectivity index (χ1n) is 6.06. The predicted octanol–water partition coefficient (Wildman–Crippen LogP) is 3.41. The molecule has 0 amide bonds. The molecule has 1 rings (SSSR count). The number of carboxylic acids is 1. The number of rotatable bonds is 5. The lowest BCUT2D eigenvalue weighted by Crippen LogP contribution is -2.23. The fraction of sp³-hybridized carbons (Fsp3) is 0.917. The van der Waals surface area contributed by atoms with Gasteiger partial charge in [0, 0.05) is 0 Å². The van der Waals surface area contributed by atoms with E-state index in [0.717, 1.165) is 37.2 Å². The van der Waals surface area contributed by atoms with Gasteiger partial charge in [0.25, 0.3) is 0 Å². The Labute approximate surface area is 96.8 Å². The van der Waals surface area contributed by atoms with Crippen molar-refractivity contribution >= 4 is 17.7 Å². The molecule has 88 valence electrons. The molecule has 1 aliphatic carbocycles. The highest BCUT2D eigenvalue weighted by molar-refractivity contribution is 7.99. The van der Waals surface area contributed by atoms with Gasteiger partial charge in [-0.1, -0.05) is 26.2 Å². The van der Waals surface area contributed by atoms with E-state index < -0.39 is 5.97 Å². The first-order chi connectivity index (χ1) is 7.25. The monoisotopic (exact) mass is 230 g/mol. The molecule has 1 fully saturated rings. The number of hydrogen-bond acceptors (Lipinski definition) is 2. The molecule has 1 saturated carbocycles. The summed E-state index contributed by atoms with van der Waals surface area (Å²) in [4.78, 5) is 11.1. The molecule has 0 aromatic carbocycles. The van der Waals surface area contributed by atoms with E-state index in [4.69, 9.17) is 0 Å². The maximum absolute atomic E-state index is 11.1. The van der Waals surface area contributed by atoms with Gasteiger partial charge < -0.3 is 5.11 Å². The van der Waals surface area contributed by atoms with Crippen LogP contribution in [0.3, 0.4) is 0 Å². The van der Waals surface area contributed by atoms with Crippen LogP contribution in [0.1, 0.15) is 45.4 Å². The van der Waals surface area contributed by atoms with Crippen LogP contribution in [-0.4, -0.2) is 22.6 Å². The summed E-state index contributed by atoms with van der Waals surface area (Å²) < 4.78 is 0. The fourth-order valence-electron chi connectivity index (χ4n) is 2.43. The molecule has 0 heterocycles. The molecule has 1 aliphatic rings. The molecule has 15 heavy (non-hydrogen) atoms. The zero-order chi connectivity index (χ0) is 11.1. The first kappa shape index (κ1) is 12.9.